The number of rotatable bonds is 3. The largest absolute Gasteiger partial charge is 0.299 e. The fraction of sp³-hybridized carbons (Fsp3) is 0.333. The third kappa shape index (κ3) is 1.92. The summed E-state index contributed by atoms with van der Waals surface area (Å²) in [6.45, 7) is 4.68. The van der Waals surface area contributed by atoms with E-state index in [4.69, 9.17) is 0 Å². The lowest BCUT2D eigenvalue weighted by molar-refractivity contribution is -0.670. The van der Waals surface area contributed by atoms with Crippen LogP contribution in [0.15, 0.2) is 24.3 Å². The molecule has 78 valence electrons. The number of thiazole rings is 1. The Kier molecular flexibility index (Phi) is 2.82. The summed E-state index contributed by atoms with van der Waals surface area (Å²) in [5, 5.41) is 1.16. The first-order valence-corrected chi connectivity index (χ1v) is 5.93. The number of carbonyl (C=O) groups excluding carboxylic acids is 1. The number of hydrogen-bond donors (Lipinski definition) is 0. The number of benzene rings is 1. The van der Waals surface area contributed by atoms with Gasteiger partial charge in [-0.3, -0.25) is 4.79 Å². The highest BCUT2D eigenvalue weighted by molar-refractivity contribution is 7.18. The predicted octanol–water partition coefficient (Wildman–Crippen LogP) is 2.34. The van der Waals surface area contributed by atoms with Crippen molar-refractivity contribution < 1.29 is 9.36 Å². The molecule has 0 amide bonds. The predicted molar refractivity (Wildman–Crippen MR) is 62.1 cm³/mol. The van der Waals surface area contributed by atoms with Crippen LogP contribution in [0.1, 0.15) is 18.9 Å². The van der Waals surface area contributed by atoms with Gasteiger partial charge in [-0.1, -0.05) is 23.5 Å². The van der Waals surface area contributed by atoms with Gasteiger partial charge in [-0.15, -0.1) is 0 Å². The zero-order valence-corrected chi connectivity index (χ0v) is 9.80. The Balaban J connectivity index is 2.58. The third-order valence-corrected chi connectivity index (χ3v) is 3.57. The Bertz CT molecular complexity index is 501. The van der Waals surface area contributed by atoms with E-state index >= 15 is 0 Å². The van der Waals surface area contributed by atoms with Crippen molar-refractivity contribution in [2.45, 2.75) is 26.8 Å². The second-order valence-corrected chi connectivity index (χ2v) is 4.70. The maximum atomic E-state index is 11.2. The van der Waals surface area contributed by atoms with Gasteiger partial charge >= 0.3 is 0 Å². The molecule has 0 aliphatic carbocycles. The number of fused-ring (bicyclic) bond motifs is 1. The maximum Gasteiger partial charge on any atom is 0.245 e. The molecule has 2 aromatic rings. The van der Waals surface area contributed by atoms with E-state index in [9.17, 15) is 4.79 Å². The molecule has 0 aliphatic rings. The molecule has 15 heavy (non-hydrogen) atoms. The minimum absolute atomic E-state index is 0.226. The second kappa shape index (κ2) is 4.11. The lowest BCUT2D eigenvalue weighted by Gasteiger charge is -1.92. The molecule has 3 heteroatoms. The van der Waals surface area contributed by atoms with Crippen LogP contribution in [0.4, 0.5) is 0 Å². The number of nitrogens with zero attached hydrogens (tertiary/aromatic N) is 1. The number of aryl methyl sites for hydroxylation is 1. The maximum absolute atomic E-state index is 11.2. The van der Waals surface area contributed by atoms with Crippen molar-refractivity contribution in [3.8, 4) is 0 Å². The van der Waals surface area contributed by atoms with E-state index in [0.717, 1.165) is 11.6 Å². The van der Waals surface area contributed by atoms with Gasteiger partial charge < -0.3 is 0 Å². The SMILES string of the molecule is CC[n+]1c(CC(C)=O)sc2ccccc21. The summed E-state index contributed by atoms with van der Waals surface area (Å²) in [6, 6.07) is 8.30. The Labute approximate surface area is 93.2 Å². The van der Waals surface area contributed by atoms with Crippen LogP contribution in [0.3, 0.4) is 0 Å². The van der Waals surface area contributed by atoms with Crippen molar-refractivity contribution in [2.24, 2.45) is 0 Å². The molecule has 2 rings (SSSR count). The van der Waals surface area contributed by atoms with Crippen molar-refractivity contribution in [2.75, 3.05) is 0 Å². The van der Waals surface area contributed by atoms with Gasteiger partial charge in [0, 0.05) is 6.07 Å². The van der Waals surface area contributed by atoms with E-state index < -0.39 is 0 Å². The fourth-order valence-corrected chi connectivity index (χ4v) is 3.07. The van der Waals surface area contributed by atoms with Crippen LogP contribution in [-0.2, 0) is 17.8 Å². The summed E-state index contributed by atoms with van der Waals surface area (Å²) in [6.07, 6.45) is 0.549. The van der Waals surface area contributed by atoms with Gasteiger partial charge in [-0.25, -0.2) is 0 Å². The highest BCUT2D eigenvalue weighted by Gasteiger charge is 2.19. The molecule has 1 heterocycles. The van der Waals surface area contributed by atoms with Crippen molar-refractivity contribution in [1.29, 1.82) is 0 Å². The van der Waals surface area contributed by atoms with Gasteiger partial charge in [0.05, 0.1) is 0 Å². The van der Waals surface area contributed by atoms with Crippen LogP contribution < -0.4 is 4.57 Å². The van der Waals surface area contributed by atoms with Crippen LogP contribution >= 0.6 is 11.3 Å². The number of aromatic nitrogens is 1. The fourth-order valence-electron chi connectivity index (χ4n) is 1.77. The van der Waals surface area contributed by atoms with E-state index in [0.29, 0.717) is 6.42 Å². The molecule has 0 radical (unpaired) electrons. The minimum Gasteiger partial charge on any atom is -0.299 e. The number of hydrogen-bond acceptors (Lipinski definition) is 2. The molecule has 0 atom stereocenters. The highest BCUT2D eigenvalue weighted by Crippen LogP contribution is 2.20. The Morgan fingerprint density at radius 2 is 2.13 bits per heavy atom. The summed E-state index contributed by atoms with van der Waals surface area (Å²) in [5.41, 5.74) is 1.24. The monoisotopic (exact) mass is 220 g/mol. The summed E-state index contributed by atoms with van der Waals surface area (Å²) < 4.78 is 3.48. The Hall–Kier alpha value is -1.22. The topological polar surface area (TPSA) is 20.9 Å². The van der Waals surface area contributed by atoms with Crippen LogP contribution in [0.2, 0.25) is 0 Å². The number of carbonyl (C=O) groups is 1. The molecule has 0 unspecified atom stereocenters. The first kappa shape index (κ1) is 10.3. The molecule has 0 bridgehead atoms. The molecule has 0 fully saturated rings. The number of Topliss-reactive ketones (excluding diaryl/α,β-unsaturated/α-hetero) is 1. The first-order valence-electron chi connectivity index (χ1n) is 5.12. The molecule has 2 nitrogen and oxygen atoms in total. The summed E-state index contributed by atoms with van der Waals surface area (Å²) in [4.78, 5) is 11.2. The first-order chi connectivity index (χ1) is 7.22. The van der Waals surface area contributed by atoms with E-state index in [1.165, 1.54) is 10.2 Å². The molecule has 1 aromatic carbocycles. The van der Waals surface area contributed by atoms with Crippen LogP contribution in [0.25, 0.3) is 10.2 Å². The number of ketones is 1. The molecular formula is C12H14NOS+. The minimum atomic E-state index is 0.226. The lowest BCUT2D eigenvalue weighted by atomic mass is 10.3. The molecule has 0 saturated heterocycles. The number of para-hydroxylation sites is 1. The zero-order valence-electron chi connectivity index (χ0n) is 8.99. The Morgan fingerprint density at radius 1 is 1.40 bits per heavy atom. The van der Waals surface area contributed by atoms with E-state index in [2.05, 4.69) is 23.6 Å². The van der Waals surface area contributed by atoms with Gasteiger partial charge in [0.25, 0.3) is 0 Å². The average molecular weight is 220 g/mol. The second-order valence-electron chi connectivity index (χ2n) is 3.59. The Morgan fingerprint density at radius 3 is 2.80 bits per heavy atom. The zero-order chi connectivity index (χ0) is 10.8. The van der Waals surface area contributed by atoms with Crippen molar-refractivity contribution >= 4 is 27.3 Å². The molecule has 0 N–H and O–H groups in total. The molecule has 0 spiro atoms. The van der Waals surface area contributed by atoms with Gasteiger partial charge in [0.1, 0.15) is 23.4 Å². The van der Waals surface area contributed by atoms with Crippen molar-refractivity contribution in [1.82, 2.24) is 0 Å². The molecule has 0 saturated carbocycles. The molecule has 1 aromatic heterocycles. The van der Waals surface area contributed by atoms with E-state index in [-0.39, 0.29) is 5.78 Å². The van der Waals surface area contributed by atoms with Gasteiger partial charge in [-0.2, -0.15) is 4.57 Å². The van der Waals surface area contributed by atoms with Crippen molar-refractivity contribution in [3.63, 3.8) is 0 Å². The molecular weight excluding hydrogens is 206 g/mol. The summed E-state index contributed by atoms with van der Waals surface area (Å²) in [5.74, 6) is 0.226. The average Bonchev–Trinajstić information content (AvgIpc) is 2.53. The normalized spacial score (nSPS) is 10.8. The van der Waals surface area contributed by atoms with Crippen molar-refractivity contribution in [3.05, 3.63) is 29.3 Å². The van der Waals surface area contributed by atoms with Gasteiger partial charge in [0.15, 0.2) is 0 Å². The summed E-state index contributed by atoms with van der Waals surface area (Å²) in [7, 11) is 0. The van der Waals surface area contributed by atoms with E-state index in [1.54, 1.807) is 18.3 Å². The lowest BCUT2D eigenvalue weighted by Crippen LogP contribution is -2.35. The van der Waals surface area contributed by atoms with Gasteiger partial charge in [-0.05, 0) is 19.9 Å². The summed E-state index contributed by atoms with van der Waals surface area (Å²) >= 11 is 1.72. The third-order valence-electron chi connectivity index (χ3n) is 2.40. The van der Waals surface area contributed by atoms with Gasteiger partial charge in [0.2, 0.25) is 10.5 Å². The van der Waals surface area contributed by atoms with Crippen LogP contribution in [0, 0.1) is 0 Å². The van der Waals surface area contributed by atoms with Crippen LogP contribution in [-0.4, -0.2) is 5.78 Å². The molecule has 0 aliphatic heterocycles. The smallest absolute Gasteiger partial charge is 0.245 e. The highest BCUT2D eigenvalue weighted by atomic mass is 32.1. The quantitative estimate of drug-likeness (QED) is 0.727. The standard InChI is InChI=1S/C12H14NOS/c1-3-13-10-6-4-5-7-11(10)15-12(13)8-9(2)14/h4-7H,3,8H2,1-2H3/q+1. The van der Waals surface area contributed by atoms with E-state index in [1.807, 2.05) is 12.1 Å². The van der Waals surface area contributed by atoms with Crippen LogP contribution in [0.5, 0.6) is 0 Å².